The number of ether oxygens (including phenoxy) is 1. The number of alkyl halides is 1. The summed E-state index contributed by atoms with van der Waals surface area (Å²) in [6, 6.07) is -0.721. The summed E-state index contributed by atoms with van der Waals surface area (Å²) in [6.07, 6.45) is 6.74. The number of likely N-dealkylation sites (tertiary alicyclic amines) is 1. The van der Waals surface area contributed by atoms with Crippen LogP contribution in [-0.2, 0) is 19.1 Å². The molecule has 3 rings (SSSR count). The standard InChI is InChI=1S/C23H33BrN2O5S/c1-4-7-8-10-25(9-5-2)21(29)19-23-14-15(24)18(32-23)16(22(30)31-13-6-3)17(23)20(28)26(19)11-12-27/h5-6,15-19,27H,2-4,7-14H2,1H3/t15?,16-,17+,18-,19?,23?/m1/s1. The molecule has 1 N–H and O–H groups in total. The number of unbranched alkanes of at least 4 members (excludes halogenated alkanes) is 2. The molecular weight excluding hydrogens is 496 g/mol. The number of rotatable bonds is 12. The number of esters is 1. The van der Waals surface area contributed by atoms with Gasteiger partial charge in [0.2, 0.25) is 11.8 Å². The van der Waals surface area contributed by atoms with Crippen LogP contribution in [0, 0.1) is 11.8 Å². The molecule has 2 amide bonds. The molecule has 6 atom stereocenters. The van der Waals surface area contributed by atoms with E-state index in [4.69, 9.17) is 4.74 Å². The van der Waals surface area contributed by atoms with Gasteiger partial charge >= 0.3 is 5.97 Å². The van der Waals surface area contributed by atoms with Crippen molar-refractivity contribution in [3.63, 3.8) is 0 Å². The van der Waals surface area contributed by atoms with Crippen molar-refractivity contribution in [3.8, 4) is 0 Å². The van der Waals surface area contributed by atoms with Gasteiger partial charge < -0.3 is 19.6 Å². The summed E-state index contributed by atoms with van der Waals surface area (Å²) in [5.41, 5.74) is 0. The maximum absolute atomic E-state index is 13.9. The first kappa shape index (κ1) is 25.3. The second-order valence-electron chi connectivity index (χ2n) is 8.62. The molecule has 3 saturated heterocycles. The summed E-state index contributed by atoms with van der Waals surface area (Å²) in [5, 5.41) is 9.54. The zero-order valence-corrected chi connectivity index (χ0v) is 21.0. The van der Waals surface area contributed by atoms with Gasteiger partial charge in [-0.1, -0.05) is 54.4 Å². The monoisotopic (exact) mass is 528 g/mol. The Balaban J connectivity index is 1.97. The van der Waals surface area contributed by atoms with Gasteiger partial charge in [0.1, 0.15) is 12.6 Å². The van der Waals surface area contributed by atoms with Gasteiger partial charge in [0, 0.05) is 29.7 Å². The van der Waals surface area contributed by atoms with Crippen LogP contribution in [0.3, 0.4) is 0 Å². The molecule has 2 bridgehead atoms. The van der Waals surface area contributed by atoms with Crippen molar-refractivity contribution >= 4 is 45.5 Å². The van der Waals surface area contributed by atoms with Crippen molar-refractivity contribution < 1.29 is 24.2 Å². The van der Waals surface area contributed by atoms with Gasteiger partial charge in [0.05, 0.1) is 23.2 Å². The number of carbonyl (C=O) groups excluding carboxylic acids is 3. The minimum Gasteiger partial charge on any atom is -0.461 e. The van der Waals surface area contributed by atoms with Gasteiger partial charge in [-0.2, -0.15) is 0 Å². The van der Waals surface area contributed by atoms with Gasteiger partial charge in [-0.3, -0.25) is 14.4 Å². The predicted molar refractivity (Wildman–Crippen MR) is 128 cm³/mol. The first-order valence-electron chi connectivity index (χ1n) is 11.3. The van der Waals surface area contributed by atoms with E-state index < -0.39 is 28.6 Å². The molecule has 0 saturated carbocycles. The molecule has 0 radical (unpaired) electrons. The number of amides is 2. The number of hydrogen-bond donors (Lipinski definition) is 1. The second kappa shape index (κ2) is 10.7. The van der Waals surface area contributed by atoms with Crippen LogP contribution in [0.2, 0.25) is 0 Å². The summed E-state index contributed by atoms with van der Waals surface area (Å²) >= 11 is 5.28. The van der Waals surface area contributed by atoms with Gasteiger partial charge in [-0.05, 0) is 12.8 Å². The van der Waals surface area contributed by atoms with Crippen molar-refractivity contribution in [2.45, 2.75) is 53.5 Å². The van der Waals surface area contributed by atoms with E-state index in [0.717, 1.165) is 19.3 Å². The molecular formula is C23H33BrN2O5S. The summed E-state index contributed by atoms with van der Waals surface area (Å²) in [7, 11) is 0. The Kier molecular flexibility index (Phi) is 8.49. The number of β-amino-alcohol motifs (C(OH)–C–C–N with tert-alkyl or cyclic N) is 1. The molecule has 9 heteroatoms. The lowest BCUT2D eigenvalue weighted by Gasteiger charge is -2.37. The van der Waals surface area contributed by atoms with Crippen LogP contribution in [0.15, 0.2) is 25.3 Å². The van der Waals surface area contributed by atoms with Crippen molar-refractivity contribution in [1.82, 2.24) is 9.80 Å². The average Bonchev–Trinajstić information content (AvgIpc) is 3.35. The first-order chi connectivity index (χ1) is 15.4. The molecule has 0 aromatic carbocycles. The van der Waals surface area contributed by atoms with E-state index in [1.54, 1.807) is 22.7 Å². The SMILES string of the molecule is C=CCOC(=O)[C@H]1[C@@H]2SC3(CC2Br)C(C(=O)N(CC=C)CCCCC)N(CCO)C(=O)[C@H]13. The molecule has 3 fully saturated rings. The van der Waals surface area contributed by atoms with Crippen LogP contribution in [0.25, 0.3) is 0 Å². The third-order valence-corrected chi connectivity index (χ3v) is 9.89. The lowest BCUT2D eigenvalue weighted by Crippen LogP contribution is -2.55. The van der Waals surface area contributed by atoms with E-state index in [0.29, 0.717) is 19.5 Å². The van der Waals surface area contributed by atoms with Crippen LogP contribution < -0.4 is 0 Å². The Labute approximate surface area is 202 Å². The number of hydrogen-bond acceptors (Lipinski definition) is 6. The van der Waals surface area contributed by atoms with Crippen molar-refractivity contribution in [2.75, 3.05) is 32.8 Å². The number of fused-ring (bicyclic) bond motifs is 1. The number of halogens is 1. The maximum Gasteiger partial charge on any atom is 0.311 e. The normalized spacial score (nSPS) is 32.7. The van der Waals surface area contributed by atoms with Crippen molar-refractivity contribution in [3.05, 3.63) is 25.3 Å². The van der Waals surface area contributed by atoms with E-state index in [9.17, 15) is 19.5 Å². The topological polar surface area (TPSA) is 87.2 Å². The zero-order valence-electron chi connectivity index (χ0n) is 18.6. The molecule has 3 aliphatic heterocycles. The number of aliphatic hydroxyl groups is 1. The minimum atomic E-state index is -0.721. The molecule has 32 heavy (non-hydrogen) atoms. The smallest absolute Gasteiger partial charge is 0.311 e. The van der Waals surface area contributed by atoms with Gasteiger partial charge in [0.15, 0.2) is 0 Å². The van der Waals surface area contributed by atoms with Gasteiger partial charge in [-0.25, -0.2) is 0 Å². The first-order valence-corrected chi connectivity index (χ1v) is 13.1. The minimum absolute atomic E-state index is 0.00449. The van der Waals surface area contributed by atoms with Crippen LogP contribution in [0.1, 0.15) is 32.6 Å². The number of nitrogens with zero attached hydrogens (tertiary/aromatic N) is 2. The largest absolute Gasteiger partial charge is 0.461 e. The summed E-state index contributed by atoms with van der Waals surface area (Å²) in [4.78, 5) is 43.7. The van der Waals surface area contributed by atoms with E-state index in [-0.39, 0.29) is 41.6 Å². The highest BCUT2D eigenvalue weighted by Crippen LogP contribution is 2.67. The molecule has 0 aliphatic carbocycles. The van der Waals surface area contributed by atoms with Crippen LogP contribution in [-0.4, -0.2) is 86.4 Å². The Morgan fingerprint density at radius 1 is 1.38 bits per heavy atom. The lowest BCUT2D eigenvalue weighted by molar-refractivity contribution is -0.153. The summed E-state index contributed by atoms with van der Waals surface area (Å²) in [6.45, 7) is 10.4. The van der Waals surface area contributed by atoms with Gasteiger partial charge in [-0.15, -0.1) is 18.3 Å². The molecule has 7 nitrogen and oxygen atoms in total. The molecule has 178 valence electrons. The van der Waals surface area contributed by atoms with E-state index in [1.165, 1.54) is 11.0 Å². The number of carbonyl (C=O) groups is 3. The van der Waals surface area contributed by atoms with E-state index in [1.807, 2.05) is 0 Å². The average molecular weight is 529 g/mol. The Hall–Kier alpha value is -1.32. The van der Waals surface area contributed by atoms with Crippen LogP contribution in [0.4, 0.5) is 0 Å². The fraction of sp³-hybridized carbons (Fsp3) is 0.696. The van der Waals surface area contributed by atoms with E-state index >= 15 is 0 Å². The molecule has 3 heterocycles. The fourth-order valence-electron chi connectivity index (χ4n) is 5.44. The quantitative estimate of drug-likeness (QED) is 0.181. The van der Waals surface area contributed by atoms with E-state index in [2.05, 4.69) is 36.0 Å². The van der Waals surface area contributed by atoms with Gasteiger partial charge in [0.25, 0.3) is 0 Å². The van der Waals surface area contributed by atoms with Crippen LogP contribution in [0.5, 0.6) is 0 Å². The maximum atomic E-state index is 13.9. The third-order valence-electron chi connectivity index (χ3n) is 6.67. The Bertz CT molecular complexity index is 765. The van der Waals surface area contributed by atoms with Crippen molar-refractivity contribution in [1.29, 1.82) is 0 Å². The highest BCUT2D eigenvalue weighted by Gasteiger charge is 2.76. The number of thioether (sulfide) groups is 1. The highest BCUT2D eigenvalue weighted by atomic mass is 79.9. The molecule has 3 aliphatic rings. The third kappa shape index (κ3) is 4.28. The highest BCUT2D eigenvalue weighted by molar-refractivity contribution is 9.09. The summed E-state index contributed by atoms with van der Waals surface area (Å²) < 4.78 is 4.63. The Morgan fingerprint density at radius 2 is 2.12 bits per heavy atom. The predicted octanol–water partition coefficient (Wildman–Crippen LogP) is 2.38. The zero-order chi connectivity index (χ0) is 23.5. The van der Waals surface area contributed by atoms with Crippen LogP contribution >= 0.6 is 27.7 Å². The van der Waals surface area contributed by atoms with Crippen molar-refractivity contribution in [2.24, 2.45) is 11.8 Å². The summed E-state index contributed by atoms with van der Waals surface area (Å²) in [5.74, 6) is -2.05. The molecule has 3 unspecified atom stereocenters. The Morgan fingerprint density at radius 3 is 2.75 bits per heavy atom. The fourth-order valence-corrected chi connectivity index (χ4v) is 9.03. The molecule has 1 spiro atoms. The lowest BCUT2D eigenvalue weighted by atomic mass is 9.71. The second-order valence-corrected chi connectivity index (χ2v) is 11.3. The molecule has 0 aromatic rings. The molecule has 0 aromatic heterocycles. The number of aliphatic hydroxyl groups excluding tert-OH is 1.